The molecule has 0 atom stereocenters. The van der Waals surface area contributed by atoms with Gasteiger partial charge in [-0.15, -0.1) is 0 Å². The number of nitrogens with zero attached hydrogens (tertiary/aromatic N) is 6. The molecule has 6 nitrogen and oxygen atoms in total. The van der Waals surface area contributed by atoms with Crippen molar-refractivity contribution in [3.05, 3.63) is 219 Å². The molecular weight excluding hydrogens is 773 g/mol. The van der Waals surface area contributed by atoms with E-state index in [4.69, 9.17) is 24.9 Å². The van der Waals surface area contributed by atoms with E-state index in [0.717, 1.165) is 66.6 Å². The summed E-state index contributed by atoms with van der Waals surface area (Å²) in [5, 5.41) is 7.19. The SMILES string of the molecule is c1ccc(-c2nc(-c3cccc([Si]4(c5ccccc5)c5c(-c6ccccc6)ccnc5-c5nccc(-c6ccccc6)c54)c3)nc(-n3c4ccccc4c4ccccc43)n2)cc1. The molecule has 0 aliphatic carbocycles. The van der Waals surface area contributed by atoms with Crippen LogP contribution in [0.25, 0.3) is 84.2 Å². The lowest BCUT2D eigenvalue weighted by atomic mass is 10.0. The van der Waals surface area contributed by atoms with Gasteiger partial charge in [0.15, 0.2) is 19.7 Å². The maximum absolute atomic E-state index is 5.39. The largest absolute Gasteiger partial charge is 0.278 e. The number of fused-ring (bicyclic) bond motifs is 6. The number of benzene rings is 7. The minimum absolute atomic E-state index is 0.564. The van der Waals surface area contributed by atoms with Crippen LogP contribution in [0.3, 0.4) is 0 Å². The van der Waals surface area contributed by atoms with Crippen molar-refractivity contribution < 1.29 is 0 Å². The highest BCUT2D eigenvalue weighted by Gasteiger charge is 2.53. The van der Waals surface area contributed by atoms with Gasteiger partial charge in [0.2, 0.25) is 5.95 Å². The summed E-state index contributed by atoms with van der Waals surface area (Å²) >= 11 is 0. The van der Waals surface area contributed by atoms with Gasteiger partial charge in [0.1, 0.15) is 0 Å². The first-order valence-corrected chi connectivity index (χ1v) is 22.8. The fourth-order valence-electron chi connectivity index (χ4n) is 9.66. The van der Waals surface area contributed by atoms with Gasteiger partial charge in [-0.3, -0.25) is 14.5 Å². The van der Waals surface area contributed by atoms with E-state index >= 15 is 0 Å². The number of aromatic nitrogens is 6. The Kier molecular flexibility index (Phi) is 8.40. The smallest absolute Gasteiger partial charge is 0.238 e. The molecule has 0 saturated heterocycles. The van der Waals surface area contributed by atoms with E-state index in [2.05, 4.69) is 193 Å². The van der Waals surface area contributed by atoms with Gasteiger partial charge in [-0.05, 0) is 67.3 Å². The first-order valence-electron chi connectivity index (χ1n) is 20.8. The molecule has 62 heavy (non-hydrogen) atoms. The molecule has 0 unspecified atom stereocenters. The molecule has 0 bridgehead atoms. The van der Waals surface area contributed by atoms with E-state index in [1.165, 1.54) is 20.7 Å². The Morgan fingerprint density at radius 1 is 0.355 bits per heavy atom. The van der Waals surface area contributed by atoms with Crippen molar-refractivity contribution in [2.75, 3.05) is 0 Å². The van der Waals surface area contributed by atoms with Crippen LogP contribution in [0.4, 0.5) is 0 Å². The average Bonchev–Trinajstić information content (AvgIpc) is 3.86. The van der Waals surface area contributed by atoms with Crippen molar-refractivity contribution in [3.8, 4) is 62.4 Å². The topological polar surface area (TPSA) is 69.4 Å². The molecule has 7 heteroatoms. The Balaban J connectivity index is 1.17. The molecule has 11 aromatic rings. The summed E-state index contributed by atoms with van der Waals surface area (Å²) in [5.41, 5.74) is 10.4. The Morgan fingerprint density at radius 3 is 1.34 bits per heavy atom. The normalized spacial score (nSPS) is 12.6. The lowest BCUT2D eigenvalue weighted by Gasteiger charge is -2.34. The maximum atomic E-state index is 5.39. The monoisotopic (exact) mass is 808 g/mol. The van der Waals surface area contributed by atoms with Gasteiger partial charge in [-0.1, -0.05) is 182 Å². The van der Waals surface area contributed by atoms with Gasteiger partial charge in [-0.25, -0.2) is 4.98 Å². The molecular formula is C55H36N6Si. The van der Waals surface area contributed by atoms with Crippen molar-refractivity contribution in [1.82, 2.24) is 29.5 Å². The summed E-state index contributed by atoms with van der Waals surface area (Å²) in [6.45, 7) is 0. The summed E-state index contributed by atoms with van der Waals surface area (Å²) in [6.07, 6.45) is 3.89. The van der Waals surface area contributed by atoms with Crippen LogP contribution in [0, 0.1) is 0 Å². The van der Waals surface area contributed by atoms with Gasteiger partial charge in [0, 0.05) is 34.3 Å². The minimum Gasteiger partial charge on any atom is -0.278 e. The minimum atomic E-state index is -3.26. The lowest BCUT2D eigenvalue weighted by molar-refractivity contribution is 0.953. The van der Waals surface area contributed by atoms with Crippen molar-refractivity contribution >= 4 is 50.6 Å². The van der Waals surface area contributed by atoms with Crippen molar-refractivity contribution in [3.63, 3.8) is 0 Å². The third-order valence-electron chi connectivity index (χ3n) is 12.2. The highest BCUT2D eigenvalue weighted by Crippen LogP contribution is 2.36. The van der Waals surface area contributed by atoms with Crippen LogP contribution in [0.1, 0.15) is 0 Å². The molecule has 290 valence electrons. The lowest BCUT2D eigenvalue weighted by Crippen LogP contribution is -2.73. The highest BCUT2D eigenvalue weighted by molar-refractivity contribution is 7.23. The van der Waals surface area contributed by atoms with E-state index in [-0.39, 0.29) is 0 Å². The Hall–Kier alpha value is -8.13. The van der Waals surface area contributed by atoms with Crippen LogP contribution in [0.2, 0.25) is 0 Å². The van der Waals surface area contributed by atoms with Crippen molar-refractivity contribution in [1.29, 1.82) is 0 Å². The summed E-state index contributed by atoms with van der Waals surface area (Å²) in [4.78, 5) is 26.3. The van der Waals surface area contributed by atoms with Crippen LogP contribution in [-0.4, -0.2) is 37.6 Å². The zero-order chi connectivity index (χ0) is 41.0. The van der Waals surface area contributed by atoms with Crippen LogP contribution in [0.15, 0.2) is 219 Å². The van der Waals surface area contributed by atoms with Gasteiger partial charge in [-0.2, -0.15) is 9.97 Å². The summed E-state index contributed by atoms with van der Waals surface area (Å²) in [6, 6.07) is 72.9. The van der Waals surface area contributed by atoms with Crippen LogP contribution in [0.5, 0.6) is 0 Å². The van der Waals surface area contributed by atoms with Gasteiger partial charge in [0.05, 0.1) is 22.4 Å². The Morgan fingerprint density at radius 2 is 0.790 bits per heavy atom. The third-order valence-corrected chi connectivity index (χ3v) is 17.1. The number of rotatable bonds is 7. The fourth-order valence-corrected chi connectivity index (χ4v) is 15.1. The zero-order valence-corrected chi connectivity index (χ0v) is 34.5. The third kappa shape index (κ3) is 5.52. The van der Waals surface area contributed by atoms with E-state index in [1.807, 2.05) is 30.6 Å². The zero-order valence-electron chi connectivity index (χ0n) is 33.5. The Labute approximate surface area is 359 Å². The quantitative estimate of drug-likeness (QED) is 0.150. The van der Waals surface area contributed by atoms with Crippen LogP contribution >= 0.6 is 0 Å². The van der Waals surface area contributed by atoms with Gasteiger partial charge >= 0.3 is 0 Å². The van der Waals surface area contributed by atoms with E-state index in [1.54, 1.807) is 0 Å². The molecule has 12 rings (SSSR count). The maximum Gasteiger partial charge on any atom is 0.238 e. The molecule has 0 fully saturated rings. The predicted molar refractivity (Wildman–Crippen MR) is 254 cm³/mol. The molecule has 1 aliphatic rings. The summed E-state index contributed by atoms with van der Waals surface area (Å²) < 4.78 is 2.17. The summed E-state index contributed by atoms with van der Waals surface area (Å²) in [7, 11) is -3.26. The van der Waals surface area contributed by atoms with Crippen LogP contribution in [-0.2, 0) is 0 Å². The standard InChI is InChI=1S/C55H36N6Si/c1-5-18-37(19-6-1)43-32-34-56-49-50-52(44(33-35-57-50)38-20-7-2-8-21-38)62(51(43)49,41-25-11-4-12-26-41)42-27-17-24-40(36-42)54-58-53(39-22-9-3-10-23-39)59-55(60-54)61-47-30-15-13-28-45(47)46-29-14-16-31-48(46)61/h1-36H. The predicted octanol–water partition coefficient (Wildman–Crippen LogP) is 9.78. The number of hydrogen-bond donors (Lipinski definition) is 0. The van der Waals surface area contributed by atoms with Crippen molar-refractivity contribution in [2.45, 2.75) is 0 Å². The molecule has 0 saturated carbocycles. The van der Waals surface area contributed by atoms with E-state index < -0.39 is 8.07 Å². The first-order chi connectivity index (χ1) is 30.8. The second-order valence-corrected chi connectivity index (χ2v) is 19.3. The molecule has 1 aliphatic heterocycles. The molecule has 0 N–H and O–H groups in total. The van der Waals surface area contributed by atoms with Crippen molar-refractivity contribution in [2.24, 2.45) is 0 Å². The number of para-hydroxylation sites is 2. The molecule has 7 aromatic carbocycles. The second-order valence-electron chi connectivity index (χ2n) is 15.6. The number of hydrogen-bond acceptors (Lipinski definition) is 5. The van der Waals surface area contributed by atoms with Gasteiger partial charge in [0.25, 0.3) is 0 Å². The second kappa shape index (κ2) is 14.5. The van der Waals surface area contributed by atoms with Crippen LogP contribution < -0.4 is 20.7 Å². The number of pyridine rings is 2. The molecule has 5 heterocycles. The molecule has 0 radical (unpaired) electrons. The highest BCUT2D eigenvalue weighted by atomic mass is 28.3. The first kappa shape index (κ1) is 35.8. The molecule has 0 spiro atoms. The van der Waals surface area contributed by atoms with E-state index in [0.29, 0.717) is 17.6 Å². The van der Waals surface area contributed by atoms with E-state index in [9.17, 15) is 0 Å². The molecule has 0 amide bonds. The Bertz CT molecular complexity index is 3320. The fraction of sp³-hybridized carbons (Fsp3) is 0. The summed E-state index contributed by atoms with van der Waals surface area (Å²) in [5.74, 6) is 1.77. The molecule has 4 aromatic heterocycles. The van der Waals surface area contributed by atoms with Gasteiger partial charge < -0.3 is 0 Å². The average molecular weight is 809 g/mol.